The molecule has 4 aromatic rings. The summed E-state index contributed by atoms with van der Waals surface area (Å²) in [6.07, 6.45) is 1.48. The number of aromatic carboxylic acids is 1. The van der Waals surface area contributed by atoms with E-state index in [1.807, 2.05) is 42.5 Å². The van der Waals surface area contributed by atoms with Gasteiger partial charge in [-0.1, -0.05) is 48.5 Å². The third-order valence-corrected chi connectivity index (χ3v) is 5.27. The summed E-state index contributed by atoms with van der Waals surface area (Å²) in [5.41, 5.74) is 4.04. The molecule has 0 saturated heterocycles. The van der Waals surface area contributed by atoms with Gasteiger partial charge in [-0.15, -0.1) is 0 Å². The molecule has 1 amide bonds. The molecule has 4 aromatic carbocycles. The van der Waals surface area contributed by atoms with Crippen molar-refractivity contribution in [3.8, 4) is 17.2 Å². The fourth-order valence-electron chi connectivity index (χ4n) is 3.51. The molecule has 0 aliphatic rings. The fourth-order valence-corrected chi connectivity index (χ4v) is 3.51. The van der Waals surface area contributed by atoms with E-state index in [0.29, 0.717) is 22.8 Å². The first-order valence-corrected chi connectivity index (χ1v) is 11.1. The van der Waals surface area contributed by atoms with Crippen LogP contribution in [0.5, 0.6) is 17.2 Å². The quantitative estimate of drug-likeness (QED) is 0.251. The summed E-state index contributed by atoms with van der Waals surface area (Å²) >= 11 is 0. The molecule has 0 heterocycles. The minimum atomic E-state index is -0.995. The predicted molar refractivity (Wildman–Crippen MR) is 136 cm³/mol. The second kappa shape index (κ2) is 11.5. The Labute approximate surface area is 207 Å². The summed E-state index contributed by atoms with van der Waals surface area (Å²) in [5, 5.41) is 15.1. The van der Waals surface area contributed by atoms with Crippen LogP contribution in [0, 0.1) is 0 Å². The molecular weight excluding hydrogens is 460 g/mol. The molecule has 0 spiro atoms. The molecular formula is C28H24N2O6. The van der Waals surface area contributed by atoms with Crippen molar-refractivity contribution in [1.29, 1.82) is 0 Å². The van der Waals surface area contributed by atoms with Gasteiger partial charge in [-0.2, -0.15) is 5.10 Å². The van der Waals surface area contributed by atoms with Crippen molar-refractivity contribution < 1.29 is 28.9 Å². The standard InChI is InChI=1S/C28H24N2O6/c1-34-26-15-19(12-13-25(26)35-17-20-6-4-9-22(14-20)28(32)33)16-29-30-27(31)18-36-24-11-5-8-21-7-2-3-10-23(21)24/h2-16H,17-18H2,1H3,(H,30,31)(H,32,33)/b29-16+. The van der Waals surface area contributed by atoms with Crippen LogP contribution in [0.1, 0.15) is 21.5 Å². The van der Waals surface area contributed by atoms with Gasteiger partial charge in [0.1, 0.15) is 12.4 Å². The van der Waals surface area contributed by atoms with Gasteiger partial charge in [-0.25, -0.2) is 10.2 Å². The summed E-state index contributed by atoms with van der Waals surface area (Å²) in [5.74, 6) is 0.198. The molecule has 0 aliphatic carbocycles. The zero-order valence-corrected chi connectivity index (χ0v) is 19.5. The van der Waals surface area contributed by atoms with E-state index in [0.717, 1.165) is 16.3 Å². The number of benzene rings is 4. The first-order valence-electron chi connectivity index (χ1n) is 11.1. The Balaban J connectivity index is 1.32. The number of amides is 1. The monoisotopic (exact) mass is 484 g/mol. The number of methoxy groups -OCH3 is 1. The van der Waals surface area contributed by atoms with E-state index in [1.165, 1.54) is 19.4 Å². The number of hydrogen-bond acceptors (Lipinski definition) is 6. The largest absolute Gasteiger partial charge is 0.493 e. The maximum atomic E-state index is 12.2. The number of carbonyl (C=O) groups excluding carboxylic acids is 1. The van der Waals surface area contributed by atoms with E-state index in [2.05, 4.69) is 10.5 Å². The number of nitrogens with zero attached hydrogens (tertiary/aromatic N) is 1. The Hall–Kier alpha value is -4.85. The topological polar surface area (TPSA) is 106 Å². The lowest BCUT2D eigenvalue weighted by atomic mass is 10.1. The number of nitrogens with one attached hydrogen (secondary N) is 1. The molecule has 0 aromatic heterocycles. The summed E-state index contributed by atoms with van der Waals surface area (Å²) in [7, 11) is 1.51. The van der Waals surface area contributed by atoms with Crippen LogP contribution in [0.2, 0.25) is 0 Å². The Morgan fingerprint density at radius 3 is 2.53 bits per heavy atom. The van der Waals surface area contributed by atoms with Crippen molar-refractivity contribution in [3.05, 3.63) is 102 Å². The Kier molecular flexibility index (Phi) is 7.77. The van der Waals surface area contributed by atoms with E-state index in [9.17, 15) is 9.59 Å². The number of ether oxygens (including phenoxy) is 3. The lowest BCUT2D eigenvalue weighted by Gasteiger charge is -2.11. The maximum absolute atomic E-state index is 12.2. The number of fused-ring (bicyclic) bond motifs is 1. The summed E-state index contributed by atoms with van der Waals surface area (Å²) < 4.78 is 16.9. The normalized spacial score (nSPS) is 10.8. The molecule has 4 rings (SSSR count). The van der Waals surface area contributed by atoms with Gasteiger partial charge in [0.05, 0.1) is 18.9 Å². The molecule has 0 bridgehead atoms. The van der Waals surface area contributed by atoms with Gasteiger partial charge in [0.2, 0.25) is 0 Å². The number of carboxylic acids is 1. The second-order valence-electron chi connectivity index (χ2n) is 7.76. The molecule has 2 N–H and O–H groups in total. The van der Waals surface area contributed by atoms with E-state index in [1.54, 1.807) is 36.4 Å². The molecule has 0 atom stereocenters. The van der Waals surface area contributed by atoms with Gasteiger partial charge in [-0.3, -0.25) is 4.79 Å². The number of carboxylic acid groups (broad SMARTS) is 1. The molecule has 0 aliphatic heterocycles. The highest BCUT2D eigenvalue weighted by Gasteiger charge is 2.08. The van der Waals surface area contributed by atoms with E-state index in [-0.39, 0.29) is 18.8 Å². The Bertz CT molecular complexity index is 1410. The van der Waals surface area contributed by atoms with E-state index >= 15 is 0 Å². The van der Waals surface area contributed by atoms with Crippen molar-refractivity contribution in [2.75, 3.05) is 13.7 Å². The number of hydrogen-bond donors (Lipinski definition) is 2. The molecule has 0 radical (unpaired) electrons. The van der Waals surface area contributed by atoms with Crippen molar-refractivity contribution in [2.45, 2.75) is 6.61 Å². The first kappa shape index (κ1) is 24.3. The van der Waals surface area contributed by atoms with Crippen LogP contribution in [0.25, 0.3) is 10.8 Å². The van der Waals surface area contributed by atoms with Crippen LogP contribution >= 0.6 is 0 Å². The molecule has 0 unspecified atom stereocenters. The average Bonchev–Trinajstić information content (AvgIpc) is 2.91. The summed E-state index contributed by atoms with van der Waals surface area (Å²) in [6.45, 7) is 0.00218. The van der Waals surface area contributed by atoms with Crippen molar-refractivity contribution in [1.82, 2.24) is 5.43 Å². The average molecular weight is 485 g/mol. The second-order valence-corrected chi connectivity index (χ2v) is 7.76. The van der Waals surface area contributed by atoms with Gasteiger partial charge in [0.15, 0.2) is 18.1 Å². The molecule has 0 saturated carbocycles. The Morgan fingerprint density at radius 2 is 1.69 bits per heavy atom. The van der Waals surface area contributed by atoms with Crippen molar-refractivity contribution in [2.24, 2.45) is 5.10 Å². The van der Waals surface area contributed by atoms with Gasteiger partial charge in [-0.05, 0) is 52.9 Å². The predicted octanol–water partition coefficient (Wildman–Crippen LogP) is 4.65. The Morgan fingerprint density at radius 1 is 0.889 bits per heavy atom. The number of rotatable bonds is 10. The minimum absolute atomic E-state index is 0.176. The zero-order chi connectivity index (χ0) is 25.3. The van der Waals surface area contributed by atoms with Gasteiger partial charge < -0.3 is 19.3 Å². The van der Waals surface area contributed by atoms with Gasteiger partial charge >= 0.3 is 5.97 Å². The highest BCUT2D eigenvalue weighted by molar-refractivity contribution is 5.89. The van der Waals surface area contributed by atoms with Crippen LogP contribution in [-0.4, -0.2) is 36.9 Å². The van der Waals surface area contributed by atoms with E-state index in [4.69, 9.17) is 19.3 Å². The van der Waals surface area contributed by atoms with Gasteiger partial charge in [0.25, 0.3) is 5.91 Å². The van der Waals surface area contributed by atoms with Crippen LogP contribution in [0.4, 0.5) is 0 Å². The maximum Gasteiger partial charge on any atom is 0.335 e. The fraction of sp³-hybridized carbons (Fsp3) is 0.107. The summed E-state index contributed by atoms with van der Waals surface area (Å²) in [6, 6.07) is 25.2. The lowest BCUT2D eigenvalue weighted by molar-refractivity contribution is -0.123. The molecule has 36 heavy (non-hydrogen) atoms. The van der Waals surface area contributed by atoms with Crippen LogP contribution < -0.4 is 19.6 Å². The minimum Gasteiger partial charge on any atom is -0.493 e. The molecule has 8 nitrogen and oxygen atoms in total. The van der Waals surface area contributed by atoms with Crippen molar-refractivity contribution >= 4 is 28.9 Å². The number of carbonyl (C=O) groups is 2. The highest BCUT2D eigenvalue weighted by Crippen LogP contribution is 2.28. The molecule has 8 heteroatoms. The van der Waals surface area contributed by atoms with Gasteiger partial charge in [0, 0.05) is 5.39 Å². The smallest absolute Gasteiger partial charge is 0.335 e. The van der Waals surface area contributed by atoms with Crippen LogP contribution in [0.3, 0.4) is 0 Å². The number of hydrazone groups is 1. The third kappa shape index (κ3) is 6.18. The summed E-state index contributed by atoms with van der Waals surface area (Å²) in [4.78, 5) is 23.3. The van der Waals surface area contributed by atoms with Crippen LogP contribution in [0.15, 0.2) is 90.0 Å². The van der Waals surface area contributed by atoms with Crippen LogP contribution in [-0.2, 0) is 11.4 Å². The zero-order valence-electron chi connectivity index (χ0n) is 19.5. The first-order chi connectivity index (χ1) is 17.5. The van der Waals surface area contributed by atoms with E-state index < -0.39 is 11.9 Å². The molecule has 0 fully saturated rings. The van der Waals surface area contributed by atoms with Crippen molar-refractivity contribution in [3.63, 3.8) is 0 Å². The SMILES string of the molecule is COc1cc(/C=N/NC(=O)COc2cccc3ccccc23)ccc1OCc1cccc(C(=O)O)c1. The molecule has 182 valence electrons. The lowest BCUT2D eigenvalue weighted by Crippen LogP contribution is -2.24. The highest BCUT2D eigenvalue weighted by atomic mass is 16.5. The third-order valence-electron chi connectivity index (χ3n) is 5.27.